The normalized spacial score (nSPS) is 11.0. The number of fused-ring (bicyclic) bond motifs is 1. The first-order valence-corrected chi connectivity index (χ1v) is 6.93. The van der Waals surface area contributed by atoms with E-state index in [0.717, 1.165) is 15.8 Å². The van der Waals surface area contributed by atoms with E-state index >= 15 is 0 Å². The Morgan fingerprint density at radius 1 is 1.19 bits per heavy atom. The van der Waals surface area contributed by atoms with Gasteiger partial charge in [-0.05, 0) is 29.8 Å². The van der Waals surface area contributed by atoms with E-state index in [2.05, 4.69) is 15.5 Å². The summed E-state index contributed by atoms with van der Waals surface area (Å²) in [6.07, 6.45) is 1.59. The van der Waals surface area contributed by atoms with Gasteiger partial charge < -0.3 is 0 Å². The highest BCUT2D eigenvalue weighted by Gasteiger charge is 2.03. The summed E-state index contributed by atoms with van der Waals surface area (Å²) in [5, 5.41) is 15.3. The van der Waals surface area contributed by atoms with Gasteiger partial charge >= 0.3 is 0 Å². The lowest BCUT2D eigenvalue weighted by Gasteiger charge is -1.94. The Morgan fingerprint density at radius 3 is 2.67 bits per heavy atom. The van der Waals surface area contributed by atoms with Crippen molar-refractivity contribution < 1.29 is 4.92 Å². The molecule has 0 amide bonds. The second-order valence-corrected chi connectivity index (χ2v) is 5.24. The van der Waals surface area contributed by atoms with E-state index in [4.69, 9.17) is 0 Å². The van der Waals surface area contributed by atoms with E-state index in [1.807, 2.05) is 24.3 Å². The van der Waals surface area contributed by atoms with Crippen molar-refractivity contribution in [3.05, 3.63) is 64.2 Å². The first kappa shape index (κ1) is 13.2. The molecule has 0 saturated heterocycles. The second kappa shape index (κ2) is 5.68. The largest absolute Gasteiger partial charge is 0.269 e. The van der Waals surface area contributed by atoms with Crippen molar-refractivity contribution in [2.24, 2.45) is 5.10 Å². The summed E-state index contributed by atoms with van der Waals surface area (Å²) < 4.78 is 1.09. The summed E-state index contributed by atoms with van der Waals surface area (Å²) in [6, 6.07) is 14.0. The summed E-state index contributed by atoms with van der Waals surface area (Å²) in [5.41, 5.74) is 4.62. The number of anilines is 1. The Morgan fingerprint density at radius 2 is 1.95 bits per heavy atom. The van der Waals surface area contributed by atoms with Crippen LogP contribution in [0.3, 0.4) is 0 Å². The van der Waals surface area contributed by atoms with Crippen LogP contribution in [0.4, 0.5) is 10.8 Å². The van der Waals surface area contributed by atoms with Crippen LogP contribution >= 0.6 is 11.3 Å². The van der Waals surface area contributed by atoms with E-state index in [1.165, 1.54) is 23.5 Å². The highest BCUT2D eigenvalue weighted by molar-refractivity contribution is 7.22. The number of non-ortho nitro benzene ring substituents is 1. The van der Waals surface area contributed by atoms with Crippen molar-refractivity contribution in [3.63, 3.8) is 0 Å². The maximum atomic E-state index is 10.5. The third-order valence-electron chi connectivity index (χ3n) is 2.77. The molecule has 0 bridgehead atoms. The van der Waals surface area contributed by atoms with Crippen molar-refractivity contribution in [2.45, 2.75) is 0 Å². The van der Waals surface area contributed by atoms with Crippen LogP contribution in [-0.4, -0.2) is 16.1 Å². The third-order valence-corrected chi connectivity index (χ3v) is 3.71. The molecule has 104 valence electrons. The lowest BCUT2D eigenvalue weighted by Crippen LogP contribution is -1.91. The lowest BCUT2D eigenvalue weighted by atomic mass is 10.2. The zero-order valence-corrected chi connectivity index (χ0v) is 11.6. The standard InChI is InChI=1S/C14H10N4O2S/c19-18(20)11-7-5-10(6-8-11)9-15-17-14-16-12-3-1-2-4-13(12)21-14/h1-9H,(H,16,17)/b15-9+. The molecule has 3 rings (SSSR count). The number of rotatable bonds is 4. The Bertz CT molecular complexity index is 778. The Labute approximate surface area is 123 Å². The average molecular weight is 298 g/mol. The lowest BCUT2D eigenvalue weighted by molar-refractivity contribution is -0.384. The van der Waals surface area contributed by atoms with Gasteiger partial charge in [-0.3, -0.25) is 15.5 Å². The molecule has 1 aromatic heterocycles. The number of hydrogen-bond acceptors (Lipinski definition) is 6. The number of nitro groups is 1. The van der Waals surface area contributed by atoms with Gasteiger partial charge in [0.25, 0.3) is 5.69 Å². The number of hydrazone groups is 1. The summed E-state index contributed by atoms with van der Waals surface area (Å²) in [4.78, 5) is 14.5. The third kappa shape index (κ3) is 3.03. The van der Waals surface area contributed by atoms with Crippen molar-refractivity contribution in [1.82, 2.24) is 4.98 Å². The smallest absolute Gasteiger partial charge is 0.258 e. The van der Waals surface area contributed by atoms with Crippen LogP contribution in [0.15, 0.2) is 53.6 Å². The van der Waals surface area contributed by atoms with Gasteiger partial charge in [-0.15, -0.1) is 0 Å². The molecule has 7 heteroatoms. The number of benzene rings is 2. The van der Waals surface area contributed by atoms with E-state index in [9.17, 15) is 10.1 Å². The predicted octanol–water partition coefficient (Wildman–Crippen LogP) is 3.65. The van der Waals surface area contributed by atoms with Crippen LogP contribution < -0.4 is 5.43 Å². The van der Waals surface area contributed by atoms with Gasteiger partial charge in [0.05, 0.1) is 21.4 Å². The van der Waals surface area contributed by atoms with Gasteiger partial charge in [-0.25, -0.2) is 4.98 Å². The van der Waals surface area contributed by atoms with Gasteiger partial charge in [0.1, 0.15) is 0 Å². The van der Waals surface area contributed by atoms with Crippen LogP contribution in [0.25, 0.3) is 10.2 Å². The molecule has 0 aliphatic rings. The number of hydrogen-bond donors (Lipinski definition) is 1. The molecule has 0 radical (unpaired) electrons. The number of para-hydroxylation sites is 1. The van der Waals surface area contributed by atoms with Crippen molar-refractivity contribution >= 4 is 38.6 Å². The average Bonchev–Trinajstić information content (AvgIpc) is 2.90. The maximum Gasteiger partial charge on any atom is 0.269 e. The summed E-state index contributed by atoms with van der Waals surface area (Å²) in [7, 11) is 0. The highest BCUT2D eigenvalue weighted by atomic mass is 32.1. The van der Waals surface area contributed by atoms with E-state index in [1.54, 1.807) is 18.3 Å². The molecule has 0 aliphatic carbocycles. The number of thiazole rings is 1. The number of nitrogens with zero attached hydrogens (tertiary/aromatic N) is 3. The molecule has 3 aromatic rings. The first-order chi connectivity index (χ1) is 10.2. The minimum absolute atomic E-state index is 0.0614. The van der Waals surface area contributed by atoms with E-state index in [0.29, 0.717) is 5.13 Å². The fraction of sp³-hybridized carbons (Fsp3) is 0. The van der Waals surface area contributed by atoms with Crippen LogP contribution in [0.5, 0.6) is 0 Å². The number of nitro benzene ring substituents is 1. The summed E-state index contributed by atoms with van der Waals surface area (Å²) in [5.74, 6) is 0. The number of aromatic nitrogens is 1. The molecule has 1 heterocycles. The van der Waals surface area contributed by atoms with Crippen LogP contribution in [0.2, 0.25) is 0 Å². The highest BCUT2D eigenvalue weighted by Crippen LogP contribution is 2.25. The van der Waals surface area contributed by atoms with Crippen LogP contribution in [-0.2, 0) is 0 Å². The molecular weight excluding hydrogens is 288 g/mol. The predicted molar refractivity (Wildman–Crippen MR) is 83.9 cm³/mol. The quantitative estimate of drug-likeness (QED) is 0.453. The molecule has 0 atom stereocenters. The first-order valence-electron chi connectivity index (χ1n) is 6.11. The van der Waals surface area contributed by atoms with Crippen molar-refractivity contribution in [2.75, 3.05) is 5.43 Å². The van der Waals surface area contributed by atoms with Crippen molar-refractivity contribution in [1.29, 1.82) is 0 Å². The molecular formula is C14H10N4O2S. The monoisotopic (exact) mass is 298 g/mol. The zero-order chi connectivity index (χ0) is 14.7. The molecule has 1 N–H and O–H groups in total. The summed E-state index contributed by atoms with van der Waals surface area (Å²) in [6.45, 7) is 0. The molecule has 0 fully saturated rings. The fourth-order valence-corrected chi connectivity index (χ4v) is 2.58. The molecule has 6 nitrogen and oxygen atoms in total. The zero-order valence-electron chi connectivity index (χ0n) is 10.8. The van der Waals surface area contributed by atoms with Gasteiger partial charge in [-0.2, -0.15) is 5.10 Å². The maximum absolute atomic E-state index is 10.5. The minimum Gasteiger partial charge on any atom is -0.258 e. The topological polar surface area (TPSA) is 80.4 Å². The second-order valence-electron chi connectivity index (χ2n) is 4.21. The summed E-state index contributed by atoms with van der Waals surface area (Å²) >= 11 is 1.51. The number of nitrogens with one attached hydrogen (secondary N) is 1. The van der Waals surface area contributed by atoms with Gasteiger partial charge in [0, 0.05) is 12.1 Å². The van der Waals surface area contributed by atoms with Crippen LogP contribution in [0.1, 0.15) is 5.56 Å². The van der Waals surface area contributed by atoms with Gasteiger partial charge in [-0.1, -0.05) is 23.5 Å². The Balaban J connectivity index is 1.70. The molecule has 21 heavy (non-hydrogen) atoms. The van der Waals surface area contributed by atoms with E-state index < -0.39 is 4.92 Å². The Kier molecular flexibility index (Phi) is 3.57. The molecule has 0 spiro atoms. The van der Waals surface area contributed by atoms with Crippen molar-refractivity contribution in [3.8, 4) is 0 Å². The molecule has 2 aromatic carbocycles. The van der Waals surface area contributed by atoms with E-state index in [-0.39, 0.29) is 5.69 Å². The Hall–Kier alpha value is -2.80. The fourth-order valence-electron chi connectivity index (χ4n) is 1.76. The molecule has 0 unspecified atom stereocenters. The SMILES string of the molecule is O=[N+]([O-])c1ccc(/C=N/Nc2nc3ccccc3s2)cc1. The van der Waals surface area contributed by atoms with Gasteiger partial charge in [0.2, 0.25) is 5.13 Å². The minimum atomic E-state index is -0.430. The molecule has 0 aliphatic heterocycles. The van der Waals surface area contributed by atoms with Gasteiger partial charge in [0.15, 0.2) is 0 Å². The van der Waals surface area contributed by atoms with Crippen LogP contribution in [0, 0.1) is 10.1 Å². The molecule has 0 saturated carbocycles.